The van der Waals surface area contributed by atoms with Crippen LogP contribution in [0.3, 0.4) is 0 Å². The lowest BCUT2D eigenvalue weighted by Gasteiger charge is -2.47. The van der Waals surface area contributed by atoms with Gasteiger partial charge in [0.05, 0.1) is 6.07 Å². The first-order chi connectivity index (χ1) is 14.8. The molecule has 0 bridgehead atoms. The fourth-order valence-corrected chi connectivity index (χ4v) is 5.91. The summed E-state index contributed by atoms with van der Waals surface area (Å²) in [6, 6.07) is 7.50. The Morgan fingerprint density at radius 1 is 1.29 bits per heavy atom. The Hall–Kier alpha value is -2.73. The van der Waals surface area contributed by atoms with Gasteiger partial charge < -0.3 is 10.0 Å². The highest BCUT2D eigenvalue weighted by atomic mass is 16.3. The van der Waals surface area contributed by atoms with Crippen molar-refractivity contribution in [3.05, 3.63) is 76.7 Å². The van der Waals surface area contributed by atoms with E-state index in [1.807, 2.05) is 0 Å². The molecule has 0 saturated heterocycles. The van der Waals surface area contributed by atoms with Gasteiger partial charge in [-0.1, -0.05) is 40.0 Å². The number of hydrogen-bond acceptors (Lipinski definition) is 3. The van der Waals surface area contributed by atoms with E-state index in [9.17, 15) is 5.11 Å². The number of aliphatic hydroxyl groups is 1. The van der Waals surface area contributed by atoms with Crippen molar-refractivity contribution in [1.82, 2.24) is 4.90 Å². The second kappa shape index (κ2) is 8.08. The minimum absolute atomic E-state index is 0.0837. The van der Waals surface area contributed by atoms with Gasteiger partial charge in [0.1, 0.15) is 5.76 Å². The van der Waals surface area contributed by atoms with Gasteiger partial charge in [-0.2, -0.15) is 5.26 Å². The van der Waals surface area contributed by atoms with Crippen LogP contribution in [-0.2, 0) is 12.8 Å². The molecule has 2 atom stereocenters. The van der Waals surface area contributed by atoms with Gasteiger partial charge in [-0.25, -0.2) is 0 Å². The number of unbranched alkanes of at least 4 members (excludes halogenated alkanes) is 2. The zero-order valence-corrected chi connectivity index (χ0v) is 19.2. The van der Waals surface area contributed by atoms with Crippen LogP contribution in [0.25, 0.3) is 5.70 Å². The number of benzene rings is 1. The van der Waals surface area contributed by atoms with Crippen LogP contribution in [0, 0.1) is 16.7 Å². The Balaban J connectivity index is 1.83. The molecule has 1 aromatic rings. The molecule has 1 aliphatic carbocycles. The van der Waals surface area contributed by atoms with E-state index >= 15 is 0 Å². The van der Waals surface area contributed by atoms with Crippen molar-refractivity contribution < 1.29 is 5.11 Å². The highest BCUT2D eigenvalue weighted by Crippen LogP contribution is 2.56. The topological polar surface area (TPSA) is 47.3 Å². The largest absolute Gasteiger partial charge is 0.508 e. The van der Waals surface area contributed by atoms with Crippen LogP contribution in [0.2, 0.25) is 0 Å². The van der Waals surface area contributed by atoms with E-state index in [4.69, 9.17) is 5.26 Å². The van der Waals surface area contributed by atoms with E-state index in [0.717, 1.165) is 36.8 Å². The van der Waals surface area contributed by atoms with Gasteiger partial charge in [0.25, 0.3) is 0 Å². The third-order valence-electron chi connectivity index (χ3n) is 7.51. The standard InChI is InChI=1S/C28H34N2O/c1-6-20-15-24-23(16-21(20)10-8-7-9-13-29)22-11-12-28(4,5)27(22)30-17-25(19(3)31)18(2)14-26(24)30/h14-17,22,27,31H,2-3,6-12H2,1,4-5H3. The fraction of sp³-hybridized carbons (Fsp3) is 0.464. The molecule has 1 fully saturated rings. The van der Waals surface area contributed by atoms with E-state index in [0.29, 0.717) is 18.4 Å². The first-order valence-corrected chi connectivity index (χ1v) is 11.6. The van der Waals surface area contributed by atoms with Crippen molar-refractivity contribution in [2.45, 2.75) is 77.7 Å². The predicted octanol–water partition coefficient (Wildman–Crippen LogP) is 6.94. The lowest BCUT2D eigenvalue weighted by molar-refractivity contribution is 0.194. The number of nitrogens with zero attached hydrogens (tertiary/aromatic N) is 2. The van der Waals surface area contributed by atoms with Crippen molar-refractivity contribution in [2.24, 2.45) is 5.41 Å². The highest BCUT2D eigenvalue weighted by molar-refractivity contribution is 5.78. The van der Waals surface area contributed by atoms with E-state index in [-0.39, 0.29) is 11.2 Å². The first-order valence-electron chi connectivity index (χ1n) is 11.6. The summed E-state index contributed by atoms with van der Waals surface area (Å²) in [5.74, 6) is 0.558. The van der Waals surface area contributed by atoms with Crippen LogP contribution in [0.1, 0.15) is 81.0 Å². The molecule has 1 aromatic carbocycles. The van der Waals surface area contributed by atoms with Gasteiger partial charge in [0.15, 0.2) is 0 Å². The second-order valence-corrected chi connectivity index (χ2v) is 9.96. The zero-order chi connectivity index (χ0) is 22.3. The second-order valence-electron chi connectivity index (χ2n) is 9.96. The third kappa shape index (κ3) is 3.63. The number of nitriles is 1. The average Bonchev–Trinajstić information content (AvgIpc) is 3.05. The smallest absolute Gasteiger partial charge is 0.117 e. The minimum atomic E-state index is 0.0837. The summed E-state index contributed by atoms with van der Waals surface area (Å²) in [6.45, 7) is 14.9. The normalized spacial score (nSPS) is 23.3. The zero-order valence-electron chi connectivity index (χ0n) is 19.2. The van der Waals surface area contributed by atoms with Gasteiger partial charge in [-0.05, 0) is 78.3 Å². The summed E-state index contributed by atoms with van der Waals surface area (Å²) in [6.07, 6.45) is 11.3. The molecule has 3 aliphatic rings. The molecule has 0 aromatic heterocycles. The maximum atomic E-state index is 10.1. The molecule has 4 rings (SSSR count). The molecule has 2 unspecified atom stereocenters. The number of fused-ring (bicyclic) bond motifs is 6. The number of hydrogen-bond donors (Lipinski definition) is 1. The van der Waals surface area contributed by atoms with E-state index < -0.39 is 0 Å². The van der Waals surface area contributed by atoms with Crippen LogP contribution >= 0.6 is 0 Å². The molecule has 2 heterocycles. The van der Waals surface area contributed by atoms with Gasteiger partial charge in [-0.15, -0.1) is 0 Å². The molecule has 1 N–H and O–H groups in total. The van der Waals surface area contributed by atoms with Crippen LogP contribution < -0.4 is 0 Å². The molecule has 0 radical (unpaired) electrons. The lowest BCUT2D eigenvalue weighted by atomic mass is 9.74. The van der Waals surface area contributed by atoms with Crippen LogP contribution in [0.4, 0.5) is 0 Å². The average molecular weight is 415 g/mol. The quantitative estimate of drug-likeness (QED) is 0.405. The van der Waals surface area contributed by atoms with Crippen LogP contribution in [0.15, 0.2) is 54.5 Å². The molecule has 0 amide bonds. The Kier molecular flexibility index (Phi) is 5.60. The minimum Gasteiger partial charge on any atom is -0.508 e. The Morgan fingerprint density at radius 3 is 2.74 bits per heavy atom. The maximum Gasteiger partial charge on any atom is 0.117 e. The van der Waals surface area contributed by atoms with E-state index in [1.165, 1.54) is 40.8 Å². The summed E-state index contributed by atoms with van der Waals surface area (Å²) in [4.78, 5) is 2.40. The molecule has 1 saturated carbocycles. The van der Waals surface area contributed by atoms with Crippen LogP contribution in [-0.4, -0.2) is 16.0 Å². The lowest BCUT2D eigenvalue weighted by Crippen LogP contribution is -2.45. The highest BCUT2D eigenvalue weighted by Gasteiger charge is 2.50. The summed E-state index contributed by atoms with van der Waals surface area (Å²) < 4.78 is 0. The SMILES string of the molecule is C=C(O)C1=CN2C(=CC1=C)c1cc(CC)c(CCCCC#N)cc1C1CCC(C)(C)C12. The van der Waals surface area contributed by atoms with Gasteiger partial charge in [0.2, 0.25) is 0 Å². The number of aryl methyl sites for hydroxylation is 2. The summed E-state index contributed by atoms with van der Waals surface area (Å²) in [7, 11) is 0. The monoisotopic (exact) mass is 414 g/mol. The van der Waals surface area contributed by atoms with Crippen molar-refractivity contribution >= 4 is 5.70 Å². The maximum absolute atomic E-state index is 10.1. The van der Waals surface area contributed by atoms with Gasteiger partial charge in [0, 0.05) is 41.4 Å². The number of allylic oxidation sites excluding steroid dienone is 2. The first kappa shape index (κ1) is 21.5. The molecule has 31 heavy (non-hydrogen) atoms. The molecule has 0 spiro atoms. The molecular weight excluding hydrogens is 380 g/mol. The number of aliphatic hydroxyl groups excluding tert-OH is 1. The van der Waals surface area contributed by atoms with Crippen molar-refractivity contribution in [3.8, 4) is 6.07 Å². The Labute approximate surface area is 187 Å². The summed E-state index contributed by atoms with van der Waals surface area (Å²) in [5.41, 5.74) is 8.57. The van der Waals surface area contributed by atoms with Gasteiger partial charge >= 0.3 is 0 Å². The fourth-order valence-electron chi connectivity index (χ4n) is 5.91. The summed E-state index contributed by atoms with van der Waals surface area (Å²) >= 11 is 0. The Morgan fingerprint density at radius 2 is 2.06 bits per heavy atom. The van der Waals surface area contributed by atoms with E-state index in [2.05, 4.69) is 69.3 Å². The number of rotatable bonds is 6. The predicted molar refractivity (Wildman–Crippen MR) is 127 cm³/mol. The Bertz CT molecular complexity index is 1030. The van der Waals surface area contributed by atoms with Crippen molar-refractivity contribution in [1.29, 1.82) is 5.26 Å². The van der Waals surface area contributed by atoms with Crippen molar-refractivity contribution in [3.63, 3.8) is 0 Å². The third-order valence-corrected chi connectivity index (χ3v) is 7.51. The summed E-state index contributed by atoms with van der Waals surface area (Å²) in [5, 5.41) is 19.0. The molecule has 162 valence electrons. The molecular formula is C28H34N2O. The molecule has 2 aliphatic heterocycles. The van der Waals surface area contributed by atoms with E-state index in [1.54, 1.807) is 0 Å². The van der Waals surface area contributed by atoms with Crippen molar-refractivity contribution in [2.75, 3.05) is 0 Å². The molecule has 3 heteroatoms. The van der Waals surface area contributed by atoms with Gasteiger partial charge in [-0.3, -0.25) is 0 Å². The van der Waals surface area contributed by atoms with Crippen LogP contribution in [0.5, 0.6) is 0 Å². The molecule has 3 nitrogen and oxygen atoms in total.